The van der Waals surface area contributed by atoms with Gasteiger partial charge in [-0.15, -0.1) is 0 Å². The summed E-state index contributed by atoms with van der Waals surface area (Å²) in [5.41, 5.74) is 1.60. The molecule has 4 N–H and O–H groups in total. The molecule has 6 heteroatoms. The highest BCUT2D eigenvalue weighted by Gasteiger charge is 2.20. The molecule has 0 saturated carbocycles. The summed E-state index contributed by atoms with van der Waals surface area (Å²) in [5, 5.41) is 24.5. The predicted octanol–water partition coefficient (Wildman–Crippen LogP) is 1.68. The molecule has 2 aromatic rings. The van der Waals surface area contributed by atoms with Crippen LogP contribution < -0.4 is 10.6 Å². The van der Waals surface area contributed by atoms with E-state index >= 15 is 0 Å². The Labute approximate surface area is 146 Å². The van der Waals surface area contributed by atoms with Gasteiger partial charge in [0.15, 0.2) is 0 Å². The highest BCUT2D eigenvalue weighted by Crippen LogP contribution is 2.14. The van der Waals surface area contributed by atoms with E-state index in [4.69, 9.17) is 0 Å². The topological polar surface area (TPSA) is 98.7 Å². The second-order valence-corrected chi connectivity index (χ2v) is 5.70. The number of carboxylic acids is 1. The minimum atomic E-state index is -1.06. The first-order chi connectivity index (χ1) is 12.1. The zero-order valence-corrected chi connectivity index (χ0v) is 13.8. The first kappa shape index (κ1) is 18.5. The van der Waals surface area contributed by atoms with E-state index in [1.54, 1.807) is 18.2 Å². The van der Waals surface area contributed by atoms with Crippen LogP contribution in [-0.4, -0.2) is 34.7 Å². The molecule has 2 rings (SSSR count). The molecule has 132 valence electrons. The Morgan fingerprint density at radius 2 is 1.68 bits per heavy atom. The molecule has 0 aliphatic carbocycles. The molecule has 0 heterocycles. The van der Waals surface area contributed by atoms with Crippen molar-refractivity contribution in [3.8, 4) is 5.75 Å². The van der Waals surface area contributed by atoms with Crippen molar-refractivity contribution in [2.75, 3.05) is 6.54 Å². The van der Waals surface area contributed by atoms with Crippen molar-refractivity contribution in [2.24, 2.45) is 0 Å². The van der Waals surface area contributed by atoms with Gasteiger partial charge in [0.05, 0.1) is 0 Å². The SMILES string of the molecule is O=C(CCNCc1ccccc1O)N[C@@H](Cc1ccccc1)C(=O)O. The number of benzene rings is 2. The van der Waals surface area contributed by atoms with Gasteiger partial charge in [0, 0.05) is 31.5 Å². The summed E-state index contributed by atoms with van der Waals surface area (Å²) in [6.07, 6.45) is 0.402. The molecule has 0 aliphatic heterocycles. The van der Waals surface area contributed by atoms with Crippen LogP contribution in [0.15, 0.2) is 54.6 Å². The normalized spacial score (nSPS) is 11.7. The Bertz CT molecular complexity index is 704. The van der Waals surface area contributed by atoms with E-state index in [1.807, 2.05) is 36.4 Å². The van der Waals surface area contributed by atoms with Gasteiger partial charge in [-0.1, -0.05) is 48.5 Å². The van der Waals surface area contributed by atoms with Crippen LogP contribution in [0.3, 0.4) is 0 Å². The molecule has 0 radical (unpaired) electrons. The third-order valence-corrected chi connectivity index (χ3v) is 3.75. The maximum absolute atomic E-state index is 12.0. The maximum Gasteiger partial charge on any atom is 0.326 e. The predicted molar refractivity (Wildman–Crippen MR) is 94.1 cm³/mol. The minimum absolute atomic E-state index is 0.159. The fraction of sp³-hybridized carbons (Fsp3) is 0.263. The van der Waals surface area contributed by atoms with Gasteiger partial charge in [0.2, 0.25) is 5.91 Å². The fourth-order valence-electron chi connectivity index (χ4n) is 2.40. The van der Waals surface area contributed by atoms with Crippen LogP contribution >= 0.6 is 0 Å². The molecule has 1 amide bonds. The van der Waals surface area contributed by atoms with Crippen molar-refractivity contribution >= 4 is 11.9 Å². The molecular weight excluding hydrogens is 320 g/mol. The fourth-order valence-corrected chi connectivity index (χ4v) is 2.40. The third kappa shape index (κ3) is 6.27. The summed E-state index contributed by atoms with van der Waals surface area (Å²) in [6, 6.07) is 15.2. The summed E-state index contributed by atoms with van der Waals surface area (Å²) in [5.74, 6) is -1.18. The summed E-state index contributed by atoms with van der Waals surface area (Å²) >= 11 is 0. The Morgan fingerprint density at radius 1 is 1.00 bits per heavy atom. The van der Waals surface area contributed by atoms with E-state index in [9.17, 15) is 19.8 Å². The van der Waals surface area contributed by atoms with Crippen LogP contribution in [0, 0.1) is 0 Å². The lowest BCUT2D eigenvalue weighted by Crippen LogP contribution is -2.43. The Balaban J connectivity index is 1.75. The minimum Gasteiger partial charge on any atom is -0.508 e. The van der Waals surface area contributed by atoms with Crippen LogP contribution in [0.4, 0.5) is 0 Å². The van der Waals surface area contributed by atoms with Crippen molar-refractivity contribution in [1.82, 2.24) is 10.6 Å². The van der Waals surface area contributed by atoms with Gasteiger partial charge in [0.1, 0.15) is 11.8 Å². The molecular formula is C19H22N2O4. The second kappa shape index (κ2) is 9.44. The summed E-state index contributed by atoms with van der Waals surface area (Å²) < 4.78 is 0. The zero-order valence-electron chi connectivity index (χ0n) is 13.8. The van der Waals surface area contributed by atoms with Crippen LogP contribution in [0.5, 0.6) is 5.75 Å². The number of carbonyl (C=O) groups excluding carboxylic acids is 1. The number of phenols is 1. The van der Waals surface area contributed by atoms with E-state index in [2.05, 4.69) is 10.6 Å². The molecule has 0 bridgehead atoms. The Morgan fingerprint density at radius 3 is 2.36 bits per heavy atom. The van der Waals surface area contributed by atoms with Crippen molar-refractivity contribution in [1.29, 1.82) is 0 Å². The molecule has 2 aromatic carbocycles. The van der Waals surface area contributed by atoms with Gasteiger partial charge in [-0.25, -0.2) is 4.79 Å². The van der Waals surface area contributed by atoms with Crippen LogP contribution in [0.2, 0.25) is 0 Å². The number of para-hydroxylation sites is 1. The third-order valence-electron chi connectivity index (χ3n) is 3.75. The van der Waals surface area contributed by atoms with Crippen molar-refractivity contribution in [3.05, 3.63) is 65.7 Å². The van der Waals surface area contributed by atoms with Crippen molar-refractivity contribution < 1.29 is 19.8 Å². The monoisotopic (exact) mass is 342 g/mol. The zero-order chi connectivity index (χ0) is 18.1. The lowest BCUT2D eigenvalue weighted by atomic mass is 10.1. The van der Waals surface area contributed by atoms with Gasteiger partial charge >= 0.3 is 5.97 Å². The summed E-state index contributed by atoms with van der Waals surface area (Å²) in [4.78, 5) is 23.3. The lowest BCUT2D eigenvalue weighted by Gasteiger charge is -2.15. The lowest BCUT2D eigenvalue weighted by molar-refractivity contribution is -0.141. The number of carbonyl (C=O) groups is 2. The van der Waals surface area contributed by atoms with E-state index in [0.717, 1.165) is 11.1 Å². The number of aromatic hydroxyl groups is 1. The van der Waals surface area contributed by atoms with E-state index in [1.165, 1.54) is 0 Å². The van der Waals surface area contributed by atoms with Crippen molar-refractivity contribution in [2.45, 2.75) is 25.4 Å². The Hall–Kier alpha value is -2.86. The van der Waals surface area contributed by atoms with Crippen molar-refractivity contribution in [3.63, 3.8) is 0 Å². The number of phenolic OH excluding ortho intramolecular Hbond substituents is 1. The van der Waals surface area contributed by atoms with Crippen LogP contribution in [0.25, 0.3) is 0 Å². The van der Waals surface area contributed by atoms with E-state index < -0.39 is 12.0 Å². The maximum atomic E-state index is 12.0. The standard InChI is InChI=1S/C19H22N2O4/c22-17-9-5-4-8-15(17)13-20-11-10-18(23)21-16(19(24)25)12-14-6-2-1-3-7-14/h1-9,16,20,22H,10-13H2,(H,21,23)(H,24,25)/t16-/m0/s1. The number of amides is 1. The number of hydrogen-bond acceptors (Lipinski definition) is 4. The first-order valence-electron chi connectivity index (χ1n) is 8.10. The summed E-state index contributed by atoms with van der Waals surface area (Å²) in [7, 11) is 0. The quantitative estimate of drug-likeness (QED) is 0.520. The number of aliphatic carboxylic acids is 1. The second-order valence-electron chi connectivity index (χ2n) is 5.70. The molecule has 0 aliphatic rings. The molecule has 0 saturated heterocycles. The van der Waals surface area contributed by atoms with Gasteiger partial charge in [0.25, 0.3) is 0 Å². The molecule has 6 nitrogen and oxygen atoms in total. The average molecular weight is 342 g/mol. The van der Waals surface area contributed by atoms with Crippen LogP contribution in [-0.2, 0) is 22.6 Å². The number of rotatable bonds is 9. The number of hydrogen-bond donors (Lipinski definition) is 4. The number of carboxylic acid groups (broad SMARTS) is 1. The number of nitrogens with one attached hydrogen (secondary N) is 2. The van der Waals surface area contributed by atoms with Gasteiger partial charge in [-0.3, -0.25) is 4.79 Å². The largest absolute Gasteiger partial charge is 0.508 e. The molecule has 25 heavy (non-hydrogen) atoms. The molecule has 1 atom stereocenters. The van der Waals surface area contributed by atoms with Gasteiger partial charge in [-0.2, -0.15) is 0 Å². The van der Waals surface area contributed by atoms with Gasteiger partial charge < -0.3 is 20.8 Å². The highest BCUT2D eigenvalue weighted by atomic mass is 16.4. The molecule has 0 spiro atoms. The van der Waals surface area contributed by atoms with E-state index in [-0.39, 0.29) is 24.5 Å². The molecule has 0 aromatic heterocycles. The van der Waals surface area contributed by atoms with E-state index in [0.29, 0.717) is 13.1 Å². The molecule has 0 unspecified atom stereocenters. The van der Waals surface area contributed by atoms with Gasteiger partial charge in [-0.05, 0) is 11.6 Å². The molecule has 0 fully saturated rings. The average Bonchev–Trinajstić information content (AvgIpc) is 2.60. The first-order valence-corrected chi connectivity index (χ1v) is 8.10. The smallest absolute Gasteiger partial charge is 0.326 e. The Kier molecular flexibility index (Phi) is 6.98. The summed E-state index contributed by atoms with van der Waals surface area (Å²) in [6.45, 7) is 0.824. The van der Waals surface area contributed by atoms with Crippen LogP contribution in [0.1, 0.15) is 17.5 Å². The highest BCUT2D eigenvalue weighted by molar-refractivity contribution is 5.83.